The molecular weight excluding hydrogens is 324 g/mol. The number of rotatable bonds is 7. The highest BCUT2D eigenvalue weighted by Crippen LogP contribution is 2.24. The summed E-state index contributed by atoms with van der Waals surface area (Å²) in [7, 11) is 1.63. The number of amides is 2. The molecule has 2 rings (SSSR count). The normalized spacial score (nSPS) is 15.8. The van der Waals surface area contributed by atoms with Crippen molar-refractivity contribution in [1.29, 1.82) is 0 Å². The van der Waals surface area contributed by atoms with Crippen molar-refractivity contribution >= 4 is 17.8 Å². The molecule has 7 nitrogen and oxygen atoms in total. The van der Waals surface area contributed by atoms with Crippen molar-refractivity contribution in [1.82, 2.24) is 10.2 Å². The molecule has 0 aliphatic heterocycles. The van der Waals surface area contributed by atoms with Crippen LogP contribution in [-0.2, 0) is 16.1 Å². The fourth-order valence-corrected chi connectivity index (χ4v) is 3.17. The Labute approximate surface area is 147 Å². The van der Waals surface area contributed by atoms with Crippen LogP contribution in [0.3, 0.4) is 0 Å². The lowest BCUT2D eigenvalue weighted by Gasteiger charge is -2.20. The van der Waals surface area contributed by atoms with Crippen LogP contribution in [0.25, 0.3) is 0 Å². The lowest BCUT2D eigenvalue weighted by atomic mass is 10.1. The molecule has 0 spiro atoms. The summed E-state index contributed by atoms with van der Waals surface area (Å²) < 4.78 is 5.39. The molecule has 1 atom stereocenters. The van der Waals surface area contributed by atoms with Gasteiger partial charge < -0.3 is 19.7 Å². The largest absolute Gasteiger partial charge is 0.478 e. The lowest BCUT2D eigenvalue weighted by Crippen LogP contribution is -2.40. The molecule has 138 valence electrons. The molecule has 1 aliphatic carbocycles. The van der Waals surface area contributed by atoms with Gasteiger partial charge in [-0.2, -0.15) is 0 Å². The quantitative estimate of drug-likeness (QED) is 0.786. The number of nitrogens with zero attached hydrogens (tertiary/aromatic N) is 1. The SMILES string of the molecule is Cc1oc(CN(C)C(=O)CC(C)NC(=O)C2CCCC2)cc1C(=O)O. The molecule has 1 aromatic heterocycles. The van der Waals surface area contributed by atoms with Gasteiger partial charge in [0.15, 0.2) is 0 Å². The summed E-state index contributed by atoms with van der Waals surface area (Å²) >= 11 is 0. The van der Waals surface area contributed by atoms with E-state index in [1.165, 1.54) is 11.0 Å². The molecule has 0 radical (unpaired) electrons. The summed E-state index contributed by atoms with van der Waals surface area (Å²) in [6.45, 7) is 3.59. The lowest BCUT2D eigenvalue weighted by molar-refractivity contribution is -0.131. The van der Waals surface area contributed by atoms with Crippen LogP contribution in [0.15, 0.2) is 10.5 Å². The molecule has 1 aliphatic rings. The summed E-state index contributed by atoms with van der Waals surface area (Å²) in [6, 6.07) is 1.20. The van der Waals surface area contributed by atoms with Crippen LogP contribution in [-0.4, -0.2) is 40.9 Å². The maximum Gasteiger partial charge on any atom is 0.339 e. The molecule has 0 bridgehead atoms. The van der Waals surface area contributed by atoms with Gasteiger partial charge in [-0.15, -0.1) is 0 Å². The summed E-state index contributed by atoms with van der Waals surface area (Å²) in [4.78, 5) is 36.9. The van der Waals surface area contributed by atoms with Gasteiger partial charge in [-0.1, -0.05) is 12.8 Å². The van der Waals surface area contributed by atoms with Crippen LogP contribution in [0.1, 0.15) is 60.9 Å². The van der Waals surface area contributed by atoms with E-state index in [1.807, 2.05) is 6.92 Å². The highest BCUT2D eigenvalue weighted by molar-refractivity contribution is 5.88. The topological polar surface area (TPSA) is 99.9 Å². The molecule has 2 amide bonds. The van der Waals surface area contributed by atoms with Gasteiger partial charge in [-0.05, 0) is 32.8 Å². The van der Waals surface area contributed by atoms with E-state index in [9.17, 15) is 14.4 Å². The van der Waals surface area contributed by atoms with Crippen LogP contribution >= 0.6 is 0 Å². The number of aromatic carboxylic acids is 1. The number of carboxylic acids is 1. The van der Waals surface area contributed by atoms with Crippen LogP contribution in [0, 0.1) is 12.8 Å². The first kappa shape index (κ1) is 19.0. The van der Waals surface area contributed by atoms with Crippen molar-refractivity contribution in [2.75, 3.05) is 7.05 Å². The third-order valence-electron chi connectivity index (χ3n) is 4.61. The Hall–Kier alpha value is -2.31. The molecule has 1 fully saturated rings. The van der Waals surface area contributed by atoms with Gasteiger partial charge >= 0.3 is 5.97 Å². The minimum atomic E-state index is -1.05. The Morgan fingerprint density at radius 3 is 2.56 bits per heavy atom. The van der Waals surface area contributed by atoms with Crippen molar-refractivity contribution in [2.24, 2.45) is 5.92 Å². The summed E-state index contributed by atoms with van der Waals surface area (Å²) in [5.74, 6) is -0.326. The molecule has 1 heterocycles. The van der Waals surface area contributed by atoms with Gasteiger partial charge in [0.25, 0.3) is 0 Å². The number of carbonyl (C=O) groups excluding carboxylic acids is 2. The molecule has 1 unspecified atom stereocenters. The van der Waals surface area contributed by atoms with E-state index in [0.29, 0.717) is 11.5 Å². The fourth-order valence-electron chi connectivity index (χ4n) is 3.17. The molecule has 7 heteroatoms. The van der Waals surface area contributed by atoms with Gasteiger partial charge in [0.05, 0.1) is 6.54 Å². The first-order chi connectivity index (χ1) is 11.8. The van der Waals surface area contributed by atoms with Gasteiger partial charge in [-0.3, -0.25) is 9.59 Å². The molecule has 0 saturated heterocycles. The van der Waals surface area contributed by atoms with Crippen LogP contribution in [0.5, 0.6) is 0 Å². The molecule has 1 aromatic rings. The van der Waals surface area contributed by atoms with E-state index < -0.39 is 5.97 Å². The second-order valence-electron chi connectivity index (χ2n) is 6.83. The van der Waals surface area contributed by atoms with Crippen molar-refractivity contribution < 1.29 is 23.9 Å². The van der Waals surface area contributed by atoms with Gasteiger partial charge in [0.2, 0.25) is 11.8 Å². The molecule has 2 N–H and O–H groups in total. The number of furan rings is 1. The first-order valence-corrected chi connectivity index (χ1v) is 8.65. The van der Waals surface area contributed by atoms with Gasteiger partial charge in [0.1, 0.15) is 17.1 Å². The highest BCUT2D eigenvalue weighted by atomic mass is 16.4. The fraction of sp³-hybridized carbons (Fsp3) is 0.611. The first-order valence-electron chi connectivity index (χ1n) is 8.65. The Balaban J connectivity index is 1.83. The number of hydrogen-bond acceptors (Lipinski definition) is 4. The average Bonchev–Trinajstić information content (AvgIpc) is 3.16. The Kier molecular flexibility index (Phi) is 6.22. The van der Waals surface area contributed by atoms with Gasteiger partial charge in [0, 0.05) is 25.4 Å². The monoisotopic (exact) mass is 350 g/mol. The second kappa shape index (κ2) is 8.18. The van der Waals surface area contributed by atoms with Crippen LogP contribution in [0.2, 0.25) is 0 Å². The number of carboxylic acid groups (broad SMARTS) is 1. The minimum Gasteiger partial charge on any atom is -0.478 e. The van der Waals surface area contributed by atoms with E-state index in [1.54, 1.807) is 14.0 Å². The Bertz CT molecular complexity index is 646. The van der Waals surface area contributed by atoms with Crippen molar-refractivity contribution in [2.45, 2.75) is 58.5 Å². The maximum absolute atomic E-state index is 12.3. The summed E-state index contributed by atoms with van der Waals surface area (Å²) in [5, 5.41) is 11.9. The standard InChI is InChI=1S/C18H26N2O5/c1-11(19-17(22)13-6-4-5-7-13)8-16(21)20(3)10-14-9-15(18(23)24)12(2)25-14/h9,11,13H,4-8,10H2,1-3H3,(H,19,22)(H,23,24). The molecule has 1 saturated carbocycles. The minimum absolute atomic E-state index is 0.0354. The van der Waals surface area contributed by atoms with Crippen molar-refractivity contribution in [3.05, 3.63) is 23.2 Å². The zero-order valence-corrected chi connectivity index (χ0v) is 15.0. The second-order valence-corrected chi connectivity index (χ2v) is 6.83. The third-order valence-corrected chi connectivity index (χ3v) is 4.61. The van der Waals surface area contributed by atoms with E-state index in [4.69, 9.17) is 9.52 Å². The molecule has 25 heavy (non-hydrogen) atoms. The van der Waals surface area contributed by atoms with E-state index in [0.717, 1.165) is 25.7 Å². The number of nitrogens with one attached hydrogen (secondary N) is 1. The van der Waals surface area contributed by atoms with E-state index >= 15 is 0 Å². The van der Waals surface area contributed by atoms with E-state index in [-0.39, 0.29) is 42.3 Å². The number of carbonyl (C=O) groups is 3. The molecule has 0 aromatic carbocycles. The van der Waals surface area contributed by atoms with Gasteiger partial charge in [-0.25, -0.2) is 4.79 Å². The highest BCUT2D eigenvalue weighted by Gasteiger charge is 2.25. The summed E-state index contributed by atoms with van der Waals surface area (Å²) in [5.41, 5.74) is 0.105. The zero-order chi connectivity index (χ0) is 18.6. The number of hydrogen-bond donors (Lipinski definition) is 2. The average molecular weight is 350 g/mol. The predicted octanol–water partition coefficient (Wildman–Crippen LogP) is 2.33. The maximum atomic E-state index is 12.3. The Morgan fingerprint density at radius 2 is 2.00 bits per heavy atom. The summed E-state index contributed by atoms with van der Waals surface area (Å²) in [6.07, 6.45) is 4.23. The van der Waals surface area contributed by atoms with Crippen molar-refractivity contribution in [3.63, 3.8) is 0 Å². The van der Waals surface area contributed by atoms with Crippen LogP contribution < -0.4 is 5.32 Å². The predicted molar refractivity (Wildman–Crippen MR) is 91.1 cm³/mol. The zero-order valence-electron chi connectivity index (χ0n) is 15.0. The Morgan fingerprint density at radius 1 is 1.36 bits per heavy atom. The van der Waals surface area contributed by atoms with Crippen LogP contribution in [0.4, 0.5) is 0 Å². The van der Waals surface area contributed by atoms with Crippen molar-refractivity contribution in [3.8, 4) is 0 Å². The smallest absolute Gasteiger partial charge is 0.339 e. The third kappa shape index (κ3) is 5.08. The van der Waals surface area contributed by atoms with E-state index in [2.05, 4.69) is 5.32 Å². The molecular formula is C18H26N2O5. The number of aryl methyl sites for hydroxylation is 1.